The summed E-state index contributed by atoms with van der Waals surface area (Å²) in [6.45, 7) is 7.01. The smallest absolute Gasteiger partial charge is 0.228 e. The van der Waals surface area contributed by atoms with Crippen LogP contribution in [0.4, 0.5) is 0 Å². The second-order valence-corrected chi connectivity index (χ2v) is 6.13. The Morgan fingerprint density at radius 1 is 1.53 bits per heavy atom. The molecule has 0 aromatic carbocycles. The maximum Gasteiger partial charge on any atom is 0.228 e. The van der Waals surface area contributed by atoms with E-state index in [-0.39, 0.29) is 11.3 Å². The normalized spacial score (nSPS) is 10.8. The summed E-state index contributed by atoms with van der Waals surface area (Å²) in [4.78, 5) is 15.0. The molecular weight excluding hydrogens is 256 g/mol. The monoisotopic (exact) mass is 278 g/mol. The fourth-order valence-electron chi connectivity index (χ4n) is 1.68. The molecule has 0 unspecified atom stereocenters. The second kappa shape index (κ2) is 6.74. The van der Waals surface area contributed by atoms with Crippen LogP contribution in [0.3, 0.4) is 0 Å². The Morgan fingerprint density at radius 2 is 2.21 bits per heavy atom. The predicted octanol–water partition coefficient (Wildman–Crippen LogP) is 2.45. The number of thiophene rings is 1. The van der Waals surface area contributed by atoms with Crippen LogP contribution in [0.2, 0.25) is 0 Å². The first-order valence-electron chi connectivity index (χ1n) is 6.42. The summed E-state index contributed by atoms with van der Waals surface area (Å²) in [7, 11) is 1.85. The molecule has 0 radical (unpaired) electrons. The summed E-state index contributed by atoms with van der Waals surface area (Å²) in [6.07, 6.45) is 0.840. The van der Waals surface area contributed by atoms with Gasteiger partial charge in [-0.3, -0.25) is 4.79 Å². The van der Waals surface area contributed by atoms with E-state index in [4.69, 9.17) is 5.73 Å². The number of nitrogens with two attached hydrogens (primary N) is 1. The van der Waals surface area contributed by atoms with Crippen LogP contribution in [0, 0.1) is 17.3 Å². The second-order valence-electron chi connectivity index (χ2n) is 5.22. The third-order valence-electron chi connectivity index (χ3n) is 3.20. The summed E-state index contributed by atoms with van der Waals surface area (Å²) < 4.78 is 0. The van der Waals surface area contributed by atoms with Crippen molar-refractivity contribution in [3.63, 3.8) is 0 Å². The third-order valence-corrected chi connectivity index (χ3v) is 4.09. The summed E-state index contributed by atoms with van der Waals surface area (Å²) >= 11 is 1.59. The van der Waals surface area contributed by atoms with Gasteiger partial charge in [-0.25, -0.2) is 0 Å². The van der Waals surface area contributed by atoms with Crippen molar-refractivity contribution in [1.29, 1.82) is 0 Å². The van der Waals surface area contributed by atoms with Gasteiger partial charge >= 0.3 is 0 Å². The lowest BCUT2D eigenvalue weighted by atomic mass is 9.88. The zero-order valence-electron chi connectivity index (χ0n) is 12.1. The first kappa shape index (κ1) is 15.7. The van der Waals surface area contributed by atoms with Gasteiger partial charge in [0.1, 0.15) is 0 Å². The Kier molecular flexibility index (Phi) is 5.59. The molecule has 0 aliphatic carbocycles. The van der Waals surface area contributed by atoms with E-state index >= 15 is 0 Å². The quantitative estimate of drug-likeness (QED) is 0.860. The molecule has 0 spiro atoms. The van der Waals surface area contributed by atoms with Gasteiger partial charge in [0.15, 0.2) is 0 Å². The molecule has 0 aliphatic rings. The first-order valence-corrected chi connectivity index (χ1v) is 7.30. The van der Waals surface area contributed by atoms with E-state index in [2.05, 4.69) is 11.8 Å². The molecule has 0 fully saturated rings. The van der Waals surface area contributed by atoms with Crippen LogP contribution >= 0.6 is 11.3 Å². The van der Waals surface area contributed by atoms with Gasteiger partial charge in [0.05, 0.1) is 11.4 Å². The van der Waals surface area contributed by atoms with Crippen LogP contribution in [0.25, 0.3) is 0 Å². The standard InChI is InChI=1S/C15H22N2OS/c1-5-15(2,3)14(18)17(4)10-12-9-13(19-11-12)7-6-8-16/h9,11H,5,8,10,16H2,1-4H3. The van der Waals surface area contributed by atoms with Gasteiger partial charge in [0.2, 0.25) is 5.91 Å². The molecular formula is C15H22N2OS. The van der Waals surface area contributed by atoms with E-state index in [0.717, 1.165) is 16.9 Å². The van der Waals surface area contributed by atoms with Gasteiger partial charge < -0.3 is 10.6 Å². The van der Waals surface area contributed by atoms with Crippen LogP contribution < -0.4 is 5.73 Å². The Hall–Kier alpha value is -1.31. The molecule has 1 amide bonds. The van der Waals surface area contributed by atoms with Gasteiger partial charge in [-0.2, -0.15) is 0 Å². The first-order chi connectivity index (χ1) is 8.90. The number of nitrogens with zero attached hydrogens (tertiary/aromatic N) is 1. The van der Waals surface area contributed by atoms with Crippen LogP contribution in [-0.2, 0) is 11.3 Å². The minimum Gasteiger partial charge on any atom is -0.341 e. The highest BCUT2D eigenvalue weighted by molar-refractivity contribution is 7.10. The zero-order valence-corrected chi connectivity index (χ0v) is 12.9. The number of hydrogen-bond donors (Lipinski definition) is 1. The van der Waals surface area contributed by atoms with Crippen LogP contribution in [0.5, 0.6) is 0 Å². The zero-order chi connectivity index (χ0) is 14.5. The van der Waals surface area contributed by atoms with E-state index in [9.17, 15) is 4.79 Å². The Bertz CT molecular complexity index is 494. The van der Waals surface area contributed by atoms with Gasteiger partial charge in [-0.15, -0.1) is 11.3 Å². The molecule has 2 N–H and O–H groups in total. The summed E-state index contributed by atoms with van der Waals surface area (Å²) in [5.74, 6) is 6.02. The van der Waals surface area contributed by atoms with Crippen molar-refractivity contribution in [3.8, 4) is 11.8 Å². The molecule has 1 aromatic heterocycles. The Morgan fingerprint density at radius 3 is 2.79 bits per heavy atom. The summed E-state index contributed by atoms with van der Waals surface area (Å²) in [5, 5.41) is 2.04. The van der Waals surface area contributed by atoms with E-state index in [1.54, 1.807) is 16.2 Å². The SMILES string of the molecule is CCC(C)(C)C(=O)N(C)Cc1csc(C#CCN)c1. The number of carbonyl (C=O) groups is 1. The van der Waals surface area contributed by atoms with Crippen LogP contribution in [-0.4, -0.2) is 24.4 Å². The summed E-state index contributed by atoms with van der Waals surface area (Å²) in [5.41, 5.74) is 6.17. The maximum atomic E-state index is 12.3. The third kappa shape index (κ3) is 4.38. The van der Waals surface area contributed by atoms with Crippen molar-refractivity contribution in [1.82, 2.24) is 4.90 Å². The minimum atomic E-state index is -0.299. The number of carbonyl (C=O) groups excluding carboxylic acids is 1. The molecule has 3 nitrogen and oxygen atoms in total. The number of hydrogen-bond acceptors (Lipinski definition) is 3. The van der Waals surface area contributed by atoms with Crippen LogP contribution in [0.1, 0.15) is 37.6 Å². The fourth-order valence-corrected chi connectivity index (χ4v) is 2.45. The maximum absolute atomic E-state index is 12.3. The van der Waals surface area contributed by atoms with Crippen molar-refractivity contribution in [2.75, 3.05) is 13.6 Å². The molecule has 1 rings (SSSR count). The molecule has 1 heterocycles. The lowest BCUT2D eigenvalue weighted by molar-refractivity contribution is -0.139. The molecule has 4 heteroatoms. The van der Waals surface area contributed by atoms with Crippen molar-refractivity contribution in [3.05, 3.63) is 21.9 Å². The average molecular weight is 278 g/mol. The van der Waals surface area contributed by atoms with E-state index < -0.39 is 0 Å². The van der Waals surface area contributed by atoms with Crippen molar-refractivity contribution < 1.29 is 4.79 Å². The molecule has 0 bridgehead atoms. The molecule has 0 aliphatic heterocycles. The largest absolute Gasteiger partial charge is 0.341 e. The number of rotatable bonds is 4. The predicted molar refractivity (Wildman–Crippen MR) is 80.8 cm³/mol. The van der Waals surface area contributed by atoms with E-state index in [0.29, 0.717) is 13.1 Å². The Labute approximate surface area is 119 Å². The highest BCUT2D eigenvalue weighted by Gasteiger charge is 2.28. The van der Waals surface area contributed by atoms with Crippen molar-refractivity contribution in [2.24, 2.45) is 11.1 Å². The molecule has 104 valence electrons. The Balaban J connectivity index is 2.69. The van der Waals surface area contributed by atoms with Gasteiger partial charge in [-0.05, 0) is 23.4 Å². The molecule has 0 saturated heterocycles. The fraction of sp³-hybridized carbons (Fsp3) is 0.533. The molecule has 0 saturated carbocycles. The lowest BCUT2D eigenvalue weighted by Gasteiger charge is -2.28. The highest BCUT2D eigenvalue weighted by Crippen LogP contribution is 2.24. The van der Waals surface area contributed by atoms with Gasteiger partial charge in [0.25, 0.3) is 0 Å². The van der Waals surface area contributed by atoms with Crippen LogP contribution in [0.15, 0.2) is 11.4 Å². The highest BCUT2D eigenvalue weighted by atomic mass is 32.1. The van der Waals surface area contributed by atoms with Crippen molar-refractivity contribution >= 4 is 17.2 Å². The lowest BCUT2D eigenvalue weighted by Crippen LogP contribution is -2.37. The molecule has 19 heavy (non-hydrogen) atoms. The molecule has 0 atom stereocenters. The topological polar surface area (TPSA) is 46.3 Å². The van der Waals surface area contributed by atoms with E-state index in [1.165, 1.54) is 0 Å². The minimum absolute atomic E-state index is 0.177. The van der Waals surface area contributed by atoms with E-state index in [1.807, 2.05) is 39.3 Å². The van der Waals surface area contributed by atoms with Gasteiger partial charge in [-0.1, -0.05) is 32.6 Å². The number of amides is 1. The average Bonchev–Trinajstić information content (AvgIpc) is 2.82. The van der Waals surface area contributed by atoms with Crippen molar-refractivity contribution in [2.45, 2.75) is 33.7 Å². The summed E-state index contributed by atoms with van der Waals surface area (Å²) in [6, 6.07) is 2.02. The van der Waals surface area contributed by atoms with Gasteiger partial charge in [0, 0.05) is 19.0 Å². The molecule has 1 aromatic rings.